The highest BCUT2D eigenvalue weighted by Crippen LogP contribution is 2.28. The van der Waals surface area contributed by atoms with Gasteiger partial charge in [0.25, 0.3) is 0 Å². The fourth-order valence-electron chi connectivity index (χ4n) is 4.47. The molecule has 2 aromatic carbocycles. The summed E-state index contributed by atoms with van der Waals surface area (Å²) in [5.41, 5.74) is 4.01. The van der Waals surface area contributed by atoms with Crippen LogP contribution in [0.3, 0.4) is 0 Å². The van der Waals surface area contributed by atoms with Gasteiger partial charge in [0.05, 0.1) is 41.6 Å². The molecule has 0 saturated heterocycles. The van der Waals surface area contributed by atoms with Crippen LogP contribution in [-0.4, -0.2) is 92.5 Å². The number of carbonyl (C=O) groups excluding carboxylic acids is 3. The van der Waals surface area contributed by atoms with E-state index in [-0.39, 0.29) is 36.9 Å². The zero-order valence-electron chi connectivity index (χ0n) is 26.9. The predicted molar refractivity (Wildman–Crippen MR) is 187 cm³/mol. The number of aliphatic hydroxyl groups is 1. The summed E-state index contributed by atoms with van der Waals surface area (Å²) in [6.45, 7) is 6.79. The molecule has 1 unspecified atom stereocenters. The smallest absolute Gasteiger partial charge is 0.239 e. The van der Waals surface area contributed by atoms with Crippen molar-refractivity contribution in [1.82, 2.24) is 36.4 Å². The number of Topliss-reactive ketones (excluding diaryl/α,β-unsaturated/α-hetero) is 1. The van der Waals surface area contributed by atoms with Crippen molar-refractivity contribution < 1.29 is 27.9 Å². The number of ketones is 1. The summed E-state index contributed by atoms with van der Waals surface area (Å²) in [7, 11) is -3.91. The monoisotopic (exact) mass is 700 g/mol. The lowest BCUT2D eigenvalue weighted by atomic mass is 10.1. The molecule has 3 rings (SSSR count). The number of nitrogens with zero attached hydrogens (tertiary/aromatic N) is 2. The quantitative estimate of drug-likeness (QED) is 0.0564. The van der Waals surface area contributed by atoms with Crippen LogP contribution in [0.1, 0.15) is 30.1 Å². The first-order chi connectivity index (χ1) is 22.9. The van der Waals surface area contributed by atoms with Crippen LogP contribution in [0.15, 0.2) is 71.8 Å². The topological polar surface area (TPSA) is 210 Å². The van der Waals surface area contributed by atoms with Gasteiger partial charge in [0.15, 0.2) is 5.78 Å². The molecule has 0 bridgehead atoms. The van der Waals surface area contributed by atoms with Gasteiger partial charge in [-0.15, -0.1) is 0 Å². The van der Waals surface area contributed by atoms with Gasteiger partial charge in [-0.2, -0.15) is 17.7 Å². The average molecular weight is 701 g/mol. The maximum atomic E-state index is 13.6. The number of aliphatic hydroxyl groups excluding tert-OH is 1. The number of primary sulfonamides is 1. The number of nitrogens with one attached hydrogen (secondary N) is 5. The van der Waals surface area contributed by atoms with E-state index in [1.807, 2.05) is 31.2 Å². The highest BCUT2D eigenvalue weighted by Gasteiger charge is 2.26. The van der Waals surface area contributed by atoms with Crippen LogP contribution < -0.4 is 31.7 Å². The number of carbonyl (C=O) groups is 3. The minimum atomic E-state index is -3.91. The largest absolute Gasteiger partial charge is 0.396 e. The molecule has 14 nitrogen and oxygen atoms in total. The Bertz CT molecular complexity index is 1640. The van der Waals surface area contributed by atoms with Crippen LogP contribution in [0.4, 0.5) is 0 Å². The molecule has 3 aromatic rings. The Labute approximate surface area is 286 Å². The van der Waals surface area contributed by atoms with E-state index in [1.54, 1.807) is 22.9 Å². The maximum absolute atomic E-state index is 13.6. The lowest BCUT2D eigenvalue weighted by molar-refractivity contribution is -0.127. The minimum absolute atomic E-state index is 0.0517. The Morgan fingerprint density at radius 1 is 0.938 bits per heavy atom. The molecule has 8 N–H and O–H groups in total. The van der Waals surface area contributed by atoms with Crippen molar-refractivity contribution in [2.75, 3.05) is 51.6 Å². The third-order valence-corrected chi connectivity index (χ3v) is 8.40. The van der Waals surface area contributed by atoms with Gasteiger partial charge in [0, 0.05) is 23.6 Å². The summed E-state index contributed by atoms with van der Waals surface area (Å²) >= 11 is 4.06. The van der Waals surface area contributed by atoms with Crippen molar-refractivity contribution in [2.24, 2.45) is 5.14 Å². The van der Waals surface area contributed by atoms with Crippen LogP contribution in [0.25, 0.3) is 16.9 Å². The molecule has 48 heavy (non-hydrogen) atoms. The number of aryl methyl sites for hydroxylation is 1. The van der Waals surface area contributed by atoms with E-state index in [1.165, 1.54) is 12.1 Å². The van der Waals surface area contributed by atoms with E-state index in [4.69, 9.17) is 15.3 Å². The summed E-state index contributed by atoms with van der Waals surface area (Å²) in [6.07, 6.45) is 1.30. The van der Waals surface area contributed by atoms with Crippen LogP contribution in [0.2, 0.25) is 0 Å². The second kappa shape index (κ2) is 19.1. The third-order valence-electron chi connectivity index (χ3n) is 7.09. The Balaban J connectivity index is 1.84. The Hall–Kier alpha value is -4.06. The van der Waals surface area contributed by atoms with Crippen LogP contribution in [0, 0.1) is 6.92 Å². The number of amides is 2. The molecular weight excluding hydrogens is 657 g/mol. The van der Waals surface area contributed by atoms with Crippen molar-refractivity contribution in [2.45, 2.75) is 30.7 Å². The van der Waals surface area contributed by atoms with Crippen LogP contribution >= 0.6 is 12.6 Å². The first-order valence-electron chi connectivity index (χ1n) is 15.4. The molecule has 0 saturated carbocycles. The van der Waals surface area contributed by atoms with Gasteiger partial charge < -0.3 is 31.7 Å². The molecule has 16 heteroatoms. The molecule has 1 heterocycles. The van der Waals surface area contributed by atoms with Crippen LogP contribution in [-0.2, 0) is 24.4 Å². The molecule has 0 aliphatic carbocycles. The number of hydrogen-bond acceptors (Lipinski definition) is 11. The van der Waals surface area contributed by atoms with E-state index >= 15 is 0 Å². The summed E-state index contributed by atoms with van der Waals surface area (Å²) in [6, 6.07) is 14.5. The van der Waals surface area contributed by atoms with Gasteiger partial charge in [-0.25, -0.2) is 18.2 Å². The van der Waals surface area contributed by atoms with Gasteiger partial charge in [0.1, 0.15) is 6.04 Å². The number of thiol groups is 1. The molecule has 260 valence electrons. The van der Waals surface area contributed by atoms with Gasteiger partial charge >= 0.3 is 0 Å². The fraction of sp³-hybridized carbons (Fsp3) is 0.375. The number of sulfonamides is 1. The molecule has 0 radical (unpaired) electrons. The lowest BCUT2D eigenvalue weighted by Gasteiger charge is -2.17. The van der Waals surface area contributed by atoms with E-state index in [2.05, 4.69) is 45.8 Å². The van der Waals surface area contributed by atoms with E-state index < -0.39 is 27.9 Å². The standard InChI is InChI=1S/C32H44N8O6S2/c1-22-5-7-24(8-6-22)28-17-27(39-40(28)25-9-11-26(12-10-25)48(33,45)46)32(35-15-3-13-34-14-4-16-41)29(42)18-37-31(44)20-38-30(43)19-36-23(2)21-47/h5-12,17,32,34-36,41,47H,2-4,13-16,18-21H2,1H3,(H,37,44)(H,38,43)(H2,33,45,46). The average Bonchev–Trinajstić information content (AvgIpc) is 3.51. The van der Waals surface area contributed by atoms with Crippen molar-refractivity contribution in [1.29, 1.82) is 0 Å². The number of hydrogen-bond donors (Lipinski definition) is 8. The van der Waals surface area contributed by atoms with Crippen molar-refractivity contribution in [3.05, 3.63) is 78.1 Å². The summed E-state index contributed by atoms with van der Waals surface area (Å²) in [5, 5.41) is 33.4. The first kappa shape index (κ1) is 38.4. The second-order valence-corrected chi connectivity index (χ2v) is 12.9. The summed E-state index contributed by atoms with van der Waals surface area (Å²) in [5.74, 6) is -0.962. The second-order valence-electron chi connectivity index (χ2n) is 11.0. The van der Waals surface area contributed by atoms with Gasteiger partial charge in [-0.3, -0.25) is 14.4 Å². The van der Waals surface area contributed by atoms with Gasteiger partial charge in [0.2, 0.25) is 21.8 Å². The molecule has 0 aliphatic heterocycles. The first-order valence-corrected chi connectivity index (χ1v) is 17.5. The van der Waals surface area contributed by atoms with Gasteiger partial charge in [-0.1, -0.05) is 36.4 Å². The summed E-state index contributed by atoms with van der Waals surface area (Å²) < 4.78 is 25.3. The summed E-state index contributed by atoms with van der Waals surface area (Å²) in [4.78, 5) is 38.1. The zero-order chi connectivity index (χ0) is 35.1. The molecule has 0 spiro atoms. The lowest BCUT2D eigenvalue weighted by Crippen LogP contribution is -2.43. The van der Waals surface area contributed by atoms with Crippen molar-refractivity contribution in [3.8, 4) is 16.9 Å². The fourth-order valence-corrected chi connectivity index (χ4v) is 5.10. The zero-order valence-corrected chi connectivity index (χ0v) is 28.6. The normalized spacial score (nSPS) is 11.9. The third kappa shape index (κ3) is 12.2. The minimum Gasteiger partial charge on any atom is -0.396 e. The number of nitrogens with two attached hydrogens (primary N) is 1. The maximum Gasteiger partial charge on any atom is 0.239 e. The van der Waals surface area contributed by atoms with E-state index in [9.17, 15) is 22.8 Å². The number of rotatable bonds is 21. The molecular formula is C32H44N8O6S2. The van der Waals surface area contributed by atoms with E-state index in [0.717, 1.165) is 11.1 Å². The van der Waals surface area contributed by atoms with Crippen LogP contribution in [0.5, 0.6) is 0 Å². The number of aromatic nitrogens is 2. The Morgan fingerprint density at radius 3 is 2.19 bits per heavy atom. The van der Waals surface area contributed by atoms with E-state index in [0.29, 0.717) is 61.0 Å². The Morgan fingerprint density at radius 2 is 1.56 bits per heavy atom. The predicted octanol–water partition coefficient (Wildman–Crippen LogP) is 0.323. The molecule has 2 amide bonds. The highest BCUT2D eigenvalue weighted by molar-refractivity contribution is 7.89. The Kier molecular flexibility index (Phi) is 15.2. The molecule has 0 aliphatic rings. The SMILES string of the molecule is C=C(CS)NCC(=O)NCC(=O)NCC(=O)C(NCCCNCCCO)c1cc(-c2ccc(C)cc2)n(-c2ccc(S(N)(=O)=O)cc2)n1. The molecule has 0 fully saturated rings. The van der Waals surface area contributed by atoms with Gasteiger partial charge in [-0.05, 0) is 69.7 Å². The van der Waals surface area contributed by atoms with Crippen molar-refractivity contribution in [3.63, 3.8) is 0 Å². The van der Waals surface area contributed by atoms with Crippen molar-refractivity contribution >= 4 is 40.2 Å². The molecule has 1 aromatic heterocycles. The number of benzene rings is 2. The molecule has 1 atom stereocenters. The highest BCUT2D eigenvalue weighted by atomic mass is 32.2.